The molecule has 2 atom stereocenters. The van der Waals surface area contributed by atoms with Crippen molar-refractivity contribution in [1.29, 1.82) is 0 Å². The first-order chi connectivity index (χ1) is 8.69. The predicted molar refractivity (Wildman–Crippen MR) is 81.7 cm³/mol. The number of hydrogen-bond acceptors (Lipinski definition) is 1. The van der Waals surface area contributed by atoms with Gasteiger partial charge < -0.3 is 4.74 Å². The van der Waals surface area contributed by atoms with Crippen molar-refractivity contribution in [3.05, 3.63) is 34.5 Å². The number of halogens is 2. The molecule has 3 heteroatoms. The van der Waals surface area contributed by atoms with Gasteiger partial charge in [-0.25, -0.2) is 0 Å². The summed E-state index contributed by atoms with van der Waals surface area (Å²) in [6.07, 6.45) is 16.3. The average Bonchev–Trinajstić information content (AvgIpc) is 2.37. The van der Waals surface area contributed by atoms with E-state index in [0.29, 0.717) is 0 Å². The molecule has 1 nitrogen and oxygen atoms in total. The highest BCUT2D eigenvalue weighted by molar-refractivity contribution is 9.11. The molecule has 0 saturated heterocycles. The zero-order valence-corrected chi connectivity index (χ0v) is 12.9. The quantitative estimate of drug-likeness (QED) is 0.405. The molecule has 0 N–H and O–H groups in total. The van der Waals surface area contributed by atoms with Crippen molar-refractivity contribution in [2.75, 3.05) is 0 Å². The van der Waals surface area contributed by atoms with Gasteiger partial charge in [-0.3, -0.25) is 0 Å². The smallest absolute Gasteiger partial charge is 0.118 e. The maximum Gasteiger partial charge on any atom is 0.118 e. The maximum atomic E-state index is 6.35. The molecule has 1 aliphatic rings. The van der Waals surface area contributed by atoms with Crippen molar-refractivity contribution in [3.63, 3.8) is 0 Å². The second-order valence-corrected chi connectivity index (χ2v) is 5.59. The van der Waals surface area contributed by atoms with Gasteiger partial charge in [-0.05, 0) is 18.9 Å². The number of terminal acetylenes is 1. The molecule has 0 spiro atoms. The molecular weight excluding hydrogens is 312 g/mol. The molecule has 0 fully saturated rings. The van der Waals surface area contributed by atoms with Gasteiger partial charge in [-0.1, -0.05) is 47.0 Å². The van der Waals surface area contributed by atoms with Crippen LogP contribution in [0.1, 0.15) is 32.6 Å². The molecule has 18 heavy (non-hydrogen) atoms. The van der Waals surface area contributed by atoms with Crippen molar-refractivity contribution >= 4 is 27.5 Å². The molecule has 0 saturated carbocycles. The fourth-order valence-corrected chi connectivity index (χ4v) is 2.22. The molecule has 98 valence electrons. The van der Waals surface area contributed by atoms with Crippen LogP contribution in [-0.2, 0) is 4.74 Å². The summed E-state index contributed by atoms with van der Waals surface area (Å²) in [5.74, 6) is 3.45. The summed E-state index contributed by atoms with van der Waals surface area (Å²) in [5, 5.41) is -0.0314. The van der Waals surface area contributed by atoms with E-state index in [9.17, 15) is 0 Å². The Morgan fingerprint density at radius 3 is 3.11 bits per heavy atom. The SMILES string of the molecule is C#C/C=C/C[C@@H]1O/C(=C(\Br)CC)C/C=C\C[C@@H]1Cl. The van der Waals surface area contributed by atoms with Gasteiger partial charge in [0.1, 0.15) is 11.9 Å². The molecule has 1 rings (SSSR count). The summed E-state index contributed by atoms with van der Waals surface area (Å²) >= 11 is 9.91. The van der Waals surface area contributed by atoms with E-state index in [4.69, 9.17) is 22.8 Å². The first kappa shape index (κ1) is 15.4. The largest absolute Gasteiger partial charge is 0.492 e. The summed E-state index contributed by atoms with van der Waals surface area (Å²) < 4.78 is 7.13. The van der Waals surface area contributed by atoms with Crippen LogP contribution in [0.3, 0.4) is 0 Å². The first-order valence-electron chi connectivity index (χ1n) is 6.13. The minimum atomic E-state index is -0.0321. The van der Waals surface area contributed by atoms with Crippen LogP contribution in [0.2, 0.25) is 0 Å². The molecule has 0 bridgehead atoms. The van der Waals surface area contributed by atoms with Gasteiger partial charge in [0.25, 0.3) is 0 Å². The lowest BCUT2D eigenvalue weighted by Crippen LogP contribution is -2.25. The van der Waals surface area contributed by atoms with E-state index in [0.717, 1.165) is 35.9 Å². The summed E-state index contributed by atoms with van der Waals surface area (Å²) in [6.45, 7) is 2.09. The van der Waals surface area contributed by atoms with E-state index < -0.39 is 0 Å². The van der Waals surface area contributed by atoms with Crippen molar-refractivity contribution in [3.8, 4) is 12.3 Å². The third-order valence-corrected chi connectivity index (χ3v) is 4.19. The fraction of sp³-hybridized carbons (Fsp3) is 0.467. The van der Waals surface area contributed by atoms with Gasteiger partial charge in [0.2, 0.25) is 0 Å². The zero-order valence-electron chi connectivity index (χ0n) is 10.5. The standard InChI is InChI=1S/C15H18BrClO/c1-3-5-6-11-15-13(17)9-7-8-10-14(18-15)12(16)4-2/h1,5-8,13,15H,4,9-11H2,2H3/b6-5+,8-7-,14-12-/t13-,15-/m0/s1. The molecule has 0 amide bonds. The Balaban J connectivity index is 2.82. The minimum absolute atomic E-state index is 0.0314. The molecular formula is C15H18BrClO. The Morgan fingerprint density at radius 1 is 1.67 bits per heavy atom. The average molecular weight is 330 g/mol. The Hall–Kier alpha value is -0.650. The molecule has 0 aromatic carbocycles. The number of alkyl halides is 1. The highest BCUT2D eigenvalue weighted by atomic mass is 79.9. The van der Waals surface area contributed by atoms with Crippen molar-refractivity contribution in [2.24, 2.45) is 0 Å². The van der Waals surface area contributed by atoms with Crippen molar-refractivity contribution in [2.45, 2.75) is 44.1 Å². The van der Waals surface area contributed by atoms with Gasteiger partial charge in [0.05, 0.1) is 5.38 Å². The topological polar surface area (TPSA) is 9.23 Å². The van der Waals surface area contributed by atoms with Gasteiger partial charge >= 0.3 is 0 Å². The van der Waals surface area contributed by atoms with Crippen LogP contribution in [0.5, 0.6) is 0 Å². The lowest BCUT2D eigenvalue weighted by Gasteiger charge is -2.25. The molecule has 0 aromatic rings. The van der Waals surface area contributed by atoms with Crippen LogP contribution in [-0.4, -0.2) is 11.5 Å². The maximum absolute atomic E-state index is 6.35. The molecule has 1 aliphatic heterocycles. The van der Waals surface area contributed by atoms with E-state index in [-0.39, 0.29) is 11.5 Å². The van der Waals surface area contributed by atoms with Crippen molar-refractivity contribution < 1.29 is 4.74 Å². The molecule has 0 aromatic heterocycles. The number of hydrogen-bond donors (Lipinski definition) is 0. The molecule has 0 radical (unpaired) electrons. The van der Waals surface area contributed by atoms with Gasteiger partial charge in [0.15, 0.2) is 0 Å². The molecule has 0 aliphatic carbocycles. The lowest BCUT2D eigenvalue weighted by atomic mass is 10.1. The Bertz CT molecular complexity index is 390. The van der Waals surface area contributed by atoms with Crippen LogP contribution in [0.25, 0.3) is 0 Å². The summed E-state index contributed by atoms with van der Waals surface area (Å²) in [7, 11) is 0. The van der Waals surface area contributed by atoms with Crippen LogP contribution in [0, 0.1) is 12.3 Å². The summed E-state index contributed by atoms with van der Waals surface area (Å²) in [5.41, 5.74) is 0. The second-order valence-electron chi connectivity index (χ2n) is 4.07. The predicted octanol–water partition coefficient (Wildman–Crippen LogP) is 4.93. The van der Waals surface area contributed by atoms with Crippen molar-refractivity contribution in [1.82, 2.24) is 0 Å². The minimum Gasteiger partial charge on any atom is -0.492 e. The third-order valence-electron chi connectivity index (χ3n) is 2.72. The van der Waals surface area contributed by atoms with E-state index in [1.54, 1.807) is 6.08 Å². The normalized spacial score (nSPS) is 29.0. The highest BCUT2D eigenvalue weighted by Crippen LogP contribution is 2.28. The number of ether oxygens (including phenoxy) is 1. The van der Waals surface area contributed by atoms with Gasteiger partial charge in [-0.2, -0.15) is 0 Å². The lowest BCUT2D eigenvalue weighted by molar-refractivity contribution is 0.108. The number of allylic oxidation sites excluding steroid dienone is 4. The molecule has 0 unspecified atom stereocenters. The van der Waals surface area contributed by atoms with E-state index in [2.05, 4.69) is 40.9 Å². The van der Waals surface area contributed by atoms with E-state index in [1.807, 2.05) is 6.08 Å². The van der Waals surface area contributed by atoms with Gasteiger partial charge in [0, 0.05) is 17.3 Å². The van der Waals surface area contributed by atoms with Crippen LogP contribution in [0.4, 0.5) is 0 Å². The monoisotopic (exact) mass is 328 g/mol. The van der Waals surface area contributed by atoms with Crippen LogP contribution < -0.4 is 0 Å². The third kappa shape index (κ3) is 4.92. The zero-order chi connectivity index (χ0) is 13.4. The van der Waals surface area contributed by atoms with E-state index in [1.165, 1.54) is 0 Å². The van der Waals surface area contributed by atoms with E-state index >= 15 is 0 Å². The summed E-state index contributed by atoms with van der Waals surface area (Å²) in [4.78, 5) is 0. The summed E-state index contributed by atoms with van der Waals surface area (Å²) in [6, 6.07) is 0. The van der Waals surface area contributed by atoms with Crippen LogP contribution >= 0.6 is 27.5 Å². The fourth-order valence-electron chi connectivity index (χ4n) is 1.71. The van der Waals surface area contributed by atoms with Crippen LogP contribution in [0.15, 0.2) is 34.5 Å². The Labute approximate surface area is 123 Å². The first-order valence-corrected chi connectivity index (χ1v) is 7.36. The second kappa shape index (κ2) is 8.45. The highest BCUT2D eigenvalue weighted by Gasteiger charge is 2.22. The molecule has 1 heterocycles. The Morgan fingerprint density at radius 2 is 2.44 bits per heavy atom. The van der Waals surface area contributed by atoms with Gasteiger partial charge in [-0.15, -0.1) is 18.0 Å². The Kier molecular flexibility index (Phi) is 7.23. The number of rotatable bonds is 3.